The van der Waals surface area contributed by atoms with Crippen molar-refractivity contribution >= 4 is 28.9 Å². The van der Waals surface area contributed by atoms with E-state index in [1.165, 1.54) is 0 Å². The van der Waals surface area contributed by atoms with Gasteiger partial charge in [0.25, 0.3) is 0 Å². The Balaban J connectivity index is 2.53. The summed E-state index contributed by atoms with van der Waals surface area (Å²) in [6.07, 6.45) is 0.109. The summed E-state index contributed by atoms with van der Waals surface area (Å²) in [5.41, 5.74) is 0.670. The van der Waals surface area contributed by atoms with Gasteiger partial charge in [0.05, 0.1) is 11.8 Å². The van der Waals surface area contributed by atoms with E-state index in [4.69, 9.17) is 27.9 Å². The minimum Gasteiger partial charge on any atom is -0.380 e. The van der Waals surface area contributed by atoms with Crippen molar-refractivity contribution in [2.45, 2.75) is 20.0 Å². The van der Waals surface area contributed by atoms with E-state index in [1.807, 2.05) is 13.8 Å². The largest absolute Gasteiger partial charge is 0.380 e. The maximum absolute atomic E-state index is 5.82. The Hall–Kier alpha value is -0.580. The van der Waals surface area contributed by atoms with Gasteiger partial charge in [-0.05, 0) is 13.8 Å². The molecule has 1 unspecified atom stereocenters. The Labute approximate surface area is 98.9 Å². The molecule has 4 nitrogen and oxygen atoms in total. The van der Waals surface area contributed by atoms with Crippen LogP contribution in [0.1, 0.15) is 13.8 Å². The molecule has 6 heteroatoms. The van der Waals surface area contributed by atoms with Crippen LogP contribution in [0.5, 0.6) is 0 Å². The molecular formula is C9H13Cl2N3O. The number of nitrogens with zero attached hydrogens (tertiary/aromatic N) is 2. The summed E-state index contributed by atoms with van der Waals surface area (Å²) in [7, 11) is 0. The minimum atomic E-state index is 0.109. The van der Waals surface area contributed by atoms with Gasteiger partial charge in [-0.15, -0.1) is 10.2 Å². The van der Waals surface area contributed by atoms with Crippen LogP contribution in [-0.4, -0.2) is 29.5 Å². The quantitative estimate of drug-likeness (QED) is 0.872. The molecule has 1 atom stereocenters. The molecule has 0 bridgehead atoms. The van der Waals surface area contributed by atoms with Crippen LogP contribution >= 0.6 is 23.2 Å². The van der Waals surface area contributed by atoms with E-state index in [9.17, 15) is 0 Å². The van der Waals surface area contributed by atoms with E-state index < -0.39 is 0 Å². The monoisotopic (exact) mass is 249 g/mol. The molecule has 0 aliphatic heterocycles. The van der Waals surface area contributed by atoms with Crippen molar-refractivity contribution in [3.05, 3.63) is 16.4 Å². The second-order valence-corrected chi connectivity index (χ2v) is 3.76. The number of hydrogen-bond donors (Lipinski definition) is 1. The fourth-order valence-corrected chi connectivity index (χ4v) is 1.38. The van der Waals surface area contributed by atoms with Gasteiger partial charge in [0.1, 0.15) is 0 Å². The Morgan fingerprint density at radius 3 is 2.87 bits per heavy atom. The lowest BCUT2D eigenvalue weighted by atomic mass is 10.3. The molecule has 0 spiro atoms. The highest BCUT2D eigenvalue weighted by atomic mass is 35.5. The van der Waals surface area contributed by atoms with Crippen LogP contribution in [0.15, 0.2) is 6.07 Å². The summed E-state index contributed by atoms with van der Waals surface area (Å²) in [4.78, 5) is 0. The zero-order chi connectivity index (χ0) is 11.3. The van der Waals surface area contributed by atoms with Gasteiger partial charge in [0.2, 0.25) is 0 Å². The van der Waals surface area contributed by atoms with Crippen molar-refractivity contribution in [3.8, 4) is 0 Å². The lowest BCUT2D eigenvalue weighted by Gasteiger charge is -2.13. The van der Waals surface area contributed by atoms with Crippen LogP contribution in [0.25, 0.3) is 0 Å². The first-order valence-corrected chi connectivity index (χ1v) is 5.43. The molecule has 0 aliphatic rings. The van der Waals surface area contributed by atoms with E-state index in [-0.39, 0.29) is 6.10 Å². The lowest BCUT2D eigenvalue weighted by Crippen LogP contribution is -2.20. The van der Waals surface area contributed by atoms with Crippen molar-refractivity contribution in [2.75, 3.05) is 18.5 Å². The first-order valence-electron chi connectivity index (χ1n) is 4.67. The van der Waals surface area contributed by atoms with Gasteiger partial charge in [0.15, 0.2) is 10.3 Å². The molecule has 0 aromatic carbocycles. The summed E-state index contributed by atoms with van der Waals surface area (Å²) in [5.74, 6) is 0. The molecule has 84 valence electrons. The highest BCUT2D eigenvalue weighted by molar-refractivity contribution is 6.33. The Morgan fingerprint density at radius 1 is 1.47 bits per heavy atom. The maximum Gasteiger partial charge on any atom is 0.174 e. The van der Waals surface area contributed by atoms with Crippen molar-refractivity contribution in [3.63, 3.8) is 0 Å². The van der Waals surface area contributed by atoms with Gasteiger partial charge in [-0.25, -0.2) is 0 Å². The fourth-order valence-electron chi connectivity index (χ4n) is 1.07. The number of rotatable bonds is 5. The molecular weight excluding hydrogens is 237 g/mol. The summed E-state index contributed by atoms with van der Waals surface area (Å²) < 4.78 is 5.36. The van der Waals surface area contributed by atoms with Crippen LogP contribution in [-0.2, 0) is 4.74 Å². The van der Waals surface area contributed by atoms with Gasteiger partial charge in [-0.2, -0.15) is 0 Å². The van der Waals surface area contributed by atoms with Crippen molar-refractivity contribution in [1.29, 1.82) is 0 Å². The standard InChI is InChI=1S/C9H13Cl2N3O/c1-3-15-6(2)5-12-7-4-8(10)13-14-9(7)11/h4,6H,3,5H2,1-2H3,(H,12,13). The number of hydrogen-bond acceptors (Lipinski definition) is 4. The molecule has 0 fully saturated rings. The smallest absolute Gasteiger partial charge is 0.174 e. The average molecular weight is 250 g/mol. The Bertz CT molecular complexity index is 322. The van der Waals surface area contributed by atoms with Gasteiger partial charge < -0.3 is 10.1 Å². The summed E-state index contributed by atoms with van der Waals surface area (Å²) in [6, 6.07) is 1.63. The molecule has 0 saturated heterocycles. The fraction of sp³-hybridized carbons (Fsp3) is 0.556. The van der Waals surface area contributed by atoms with E-state index in [0.29, 0.717) is 29.1 Å². The maximum atomic E-state index is 5.82. The minimum absolute atomic E-state index is 0.109. The third-order valence-electron chi connectivity index (χ3n) is 1.75. The summed E-state index contributed by atoms with van der Waals surface area (Å²) >= 11 is 11.5. The molecule has 1 aromatic rings. The average Bonchev–Trinajstić information content (AvgIpc) is 2.20. The number of ether oxygens (including phenoxy) is 1. The van der Waals surface area contributed by atoms with Gasteiger partial charge in [-0.3, -0.25) is 0 Å². The van der Waals surface area contributed by atoms with Crippen LogP contribution in [0.4, 0.5) is 5.69 Å². The van der Waals surface area contributed by atoms with Crippen LogP contribution in [0.2, 0.25) is 10.3 Å². The SMILES string of the molecule is CCOC(C)CNc1cc(Cl)nnc1Cl. The van der Waals surface area contributed by atoms with Gasteiger partial charge in [-0.1, -0.05) is 23.2 Å². The highest BCUT2D eigenvalue weighted by Gasteiger charge is 2.06. The molecule has 1 aromatic heterocycles. The van der Waals surface area contributed by atoms with Crippen LogP contribution < -0.4 is 5.32 Å². The molecule has 0 radical (unpaired) electrons. The third kappa shape index (κ3) is 4.20. The zero-order valence-electron chi connectivity index (χ0n) is 8.63. The normalized spacial score (nSPS) is 12.5. The molecule has 1 N–H and O–H groups in total. The van der Waals surface area contributed by atoms with Crippen molar-refractivity contribution in [1.82, 2.24) is 10.2 Å². The number of halogens is 2. The number of nitrogens with one attached hydrogen (secondary N) is 1. The Morgan fingerprint density at radius 2 is 2.20 bits per heavy atom. The van der Waals surface area contributed by atoms with Gasteiger partial charge in [0, 0.05) is 19.2 Å². The first kappa shape index (κ1) is 12.5. The predicted molar refractivity (Wildman–Crippen MR) is 61.6 cm³/mol. The van der Waals surface area contributed by atoms with Crippen molar-refractivity contribution in [2.24, 2.45) is 0 Å². The predicted octanol–water partition coefficient (Wildman–Crippen LogP) is 2.62. The number of aromatic nitrogens is 2. The molecule has 1 heterocycles. The van der Waals surface area contributed by atoms with Gasteiger partial charge >= 0.3 is 0 Å². The lowest BCUT2D eigenvalue weighted by molar-refractivity contribution is 0.0855. The topological polar surface area (TPSA) is 47.0 Å². The Kier molecular flexibility index (Phi) is 5.08. The molecule has 0 saturated carbocycles. The second kappa shape index (κ2) is 6.10. The summed E-state index contributed by atoms with van der Waals surface area (Å²) in [6.45, 7) is 5.26. The van der Waals surface area contributed by atoms with Crippen molar-refractivity contribution < 1.29 is 4.74 Å². The van der Waals surface area contributed by atoms with Crippen LogP contribution in [0.3, 0.4) is 0 Å². The van der Waals surface area contributed by atoms with E-state index in [1.54, 1.807) is 6.07 Å². The summed E-state index contributed by atoms with van der Waals surface area (Å²) in [5, 5.41) is 11.0. The van der Waals surface area contributed by atoms with E-state index in [0.717, 1.165) is 0 Å². The third-order valence-corrected chi connectivity index (χ3v) is 2.21. The highest BCUT2D eigenvalue weighted by Crippen LogP contribution is 2.20. The first-order chi connectivity index (χ1) is 7.13. The molecule has 15 heavy (non-hydrogen) atoms. The molecule has 1 rings (SSSR count). The molecule has 0 amide bonds. The van der Waals surface area contributed by atoms with Crippen LogP contribution in [0, 0.1) is 0 Å². The molecule has 0 aliphatic carbocycles. The second-order valence-electron chi connectivity index (χ2n) is 3.02. The zero-order valence-corrected chi connectivity index (χ0v) is 10.1. The number of anilines is 1. The van der Waals surface area contributed by atoms with E-state index >= 15 is 0 Å². The van der Waals surface area contributed by atoms with E-state index in [2.05, 4.69) is 15.5 Å².